The van der Waals surface area contributed by atoms with Gasteiger partial charge in [-0.15, -0.1) is 8.58 Å². The Kier molecular flexibility index (Phi) is 9.92. The first-order chi connectivity index (χ1) is 7.24. The molecule has 0 aromatic rings. The van der Waals surface area contributed by atoms with Crippen molar-refractivity contribution in [3.8, 4) is 0 Å². The Morgan fingerprint density at radius 1 is 0.733 bits per heavy atom. The van der Waals surface area contributed by atoms with Gasteiger partial charge >= 0.3 is 0 Å². The van der Waals surface area contributed by atoms with Crippen molar-refractivity contribution in [3.05, 3.63) is 0 Å². The third-order valence-electron chi connectivity index (χ3n) is 3.56. The molecule has 0 rings (SSSR count). The average molecular weight is 230 g/mol. The van der Waals surface area contributed by atoms with Gasteiger partial charge in [0.05, 0.1) is 0 Å². The summed E-state index contributed by atoms with van der Waals surface area (Å²) in [4.78, 5) is 0. The fraction of sp³-hybridized carbons (Fsp3) is 1.00. The highest BCUT2D eigenvalue weighted by atomic mass is 31.1. The summed E-state index contributed by atoms with van der Waals surface area (Å²) in [6, 6.07) is 0. The highest BCUT2D eigenvalue weighted by molar-refractivity contribution is 7.39. The molecule has 0 N–H and O–H groups in total. The predicted octanol–water partition coefficient (Wildman–Crippen LogP) is 5.60. The van der Waals surface area contributed by atoms with E-state index in [4.69, 9.17) is 0 Å². The second-order valence-electron chi connectivity index (χ2n) is 4.84. The van der Waals surface area contributed by atoms with E-state index in [0.29, 0.717) is 0 Å². The summed E-state index contributed by atoms with van der Waals surface area (Å²) in [7, 11) is 1.15. The maximum absolute atomic E-state index is 2.43. The Balaban J connectivity index is 4.16. The topological polar surface area (TPSA) is 0 Å². The molecule has 0 heterocycles. The number of hydrogen-bond acceptors (Lipinski definition) is 0. The minimum absolute atomic E-state index is 0.724. The third-order valence-corrected chi connectivity index (χ3v) is 5.37. The molecule has 0 bridgehead atoms. The van der Waals surface area contributed by atoms with Crippen LogP contribution in [0.4, 0.5) is 0 Å². The molecule has 0 aromatic carbocycles. The molecule has 0 aliphatic heterocycles. The Morgan fingerprint density at radius 2 is 1.07 bits per heavy atom. The summed E-state index contributed by atoms with van der Waals surface area (Å²) in [5.41, 5.74) is 0. The van der Waals surface area contributed by atoms with Gasteiger partial charge in [-0.25, -0.2) is 0 Å². The van der Waals surface area contributed by atoms with E-state index >= 15 is 0 Å². The van der Waals surface area contributed by atoms with Crippen molar-refractivity contribution >= 4 is 8.58 Å². The van der Waals surface area contributed by atoms with Crippen molar-refractivity contribution in [1.29, 1.82) is 0 Å². The summed E-state index contributed by atoms with van der Waals surface area (Å²) < 4.78 is 0. The lowest BCUT2D eigenvalue weighted by Crippen LogP contribution is -2.23. The molecule has 0 aliphatic carbocycles. The van der Waals surface area contributed by atoms with Gasteiger partial charge in [0.1, 0.15) is 0 Å². The van der Waals surface area contributed by atoms with Crippen LogP contribution in [-0.4, -0.2) is 11.8 Å². The lowest BCUT2D eigenvalue weighted by atomic mass is 9.90. The molecule has 92 valence electrons. The molecule has 0 aliphatic rings. The zero-order chi connectivity index (χ0) is 11.6. The van der Waals surface area contributed by atoms with Gasteiger partial charge in [-0.3, -0.25) is 0 Å². The van der Waals surface area contributed by atoms with Crippen LogP contribution >= 0.6 is 8.58 Å². The maximum atomic E-state index is 2.43. The SMILES string of the molecule is CCCCC(CCCC)(CCCC)PC. The first-order valence-corrected chi connectivity index (χ1v) is 8.43. The Labute approximate surface area is 99.4 Å². The molecule has 0 nitrogen and oxygen atoms in total. The van der Waals surface area contributed by atoms with E-state index in [1.165, 1.54) is 57.8 Å². The maximum Gasteiger partial charge on any atom is -0.0124 e. The van der Waals surface area contributed by atoms with Crippen LogP contribution < -0.4 is 0 Å². The fourth-order valence-corrected chi connectivity index (χ4v) is 3.58. The van der Waals surface area contributed by atoms with Crippen molar-refractivity contribution in [2.75, 3.05) is 6.66 Å². The first-order valence-electron chi connectivity index (χ1n) is 6.93. The Hall–Kier alpha value is 0.430. The molecule has 0 saturated heterocycles. The third kappa shape index (κ3) is 6.56. The van der Waals surface area contributed by atoms with Crippen LogP contribution in [0.3, 0.4) is 0 Å². The molecule has 15 heavy (non-hydrogen) atoms. The van der Waals surface area contributed by atoms with Crippen LogP contribution in [0.25, 0.3) is 0 Å². The average Bonchev–Trinajstić information content (AvgIpc) is 2.29. The lowest BCUT2D eigenvalue weighted by Gasteiger charge is -2.33. The van der Waals surface area contributed by atoms with Crippen LogP contribution in [0.15, 0.2) is 0 Å². The van der Waals surface area contributed by atoms with Crippen LogP contribution in [0, 0.1) is 0 Å². The van der Waals surface area contributed by atoms with Crippen molar-refractivity contribution in [1.82, 2.24) is 0 Å². The smallest absolute Gasteiger partial charge is 0.0124 e. The van der Waals surface area contributed by atoms with E-state index in [0.717, 1.165) is 13.7 Å². The van der Waals surface area contributed by atoms with Crippen LogP contribution in [0.5, 0.6) is 0 Å². The molecular formula is C14H31P. The minimum Gasteiger partial charge on any atom is -0.119 e. The summed E-state index contributed by atoms with van der Waals surface area (Å²) in [6.45, 7) is 9.40. The van der Waals surface area contributed by atoms with Gasteiger partial charge in [-0.2, -0.15) is 0 Å². The number of hydrogen-bond donors (Lipinski definition) is 0. The van der Waals surface area contributed by atoms with Crippen LogP contribution in [-0.2, 0) is 0 Å². The summed E-state index contributed by atoms with van der Waals surface area (Å²) in [6.07, 6.45) is 12.9. The van der Waals surface area contributed by atoms with E-state index in [-0.39, 0.29) is 0 Å². The highest BCUT2D eigenvalue weighted by Crippen LogP contribution is 2.42. The molecule has 0 saturated carbocycles. The molecule has 1 atom stereocenters. The molecule has 0 spiro atoms. The number of unbranched alkanes of at least 4 members (excludes halogenated alkanes) is 3. The van der Waals surface area contributed by atoms with Gasteiger partial charge in [-0.05, 0) is 31.1 Å². The quantitative estimate of drug-likeness (QED) is 0.428. The summed E-state index contributed by atoms with van der Waals surface area (Å²) >= 11 is 0. The van der Waals surface area contributed by atoms with Gasteiger partial charge in [-0.1, -0.05) is 59.3 Å². The van der Waals surface area contributed by atoms with E-state index in [1.54, 1.807) is 0 Å². The summed E-state index contributed by atoms with van der Waals surface area (Å²) in [5, 5.41) is 0.724. The zero-order valence-electron chi connectivity index (χ0n) is 11.4. The van der Waals surface area contributed by atoms with Gasteiger partial charge in [0, 0.05) is 0 Å². The van der Waals surface area contributed by atoms with E-state index in [2.05, 4.69) is 27.4 Å². The zero-order valence-corrected chi connectivity index (χ0v) is 12.4. The van der Waals surface area contributed by atoms with Gasteiger partial charge < -0.3 is 0 Å². The van der Waals surface area contributed by atoms with Crippen molar-refractivity contribution in [2.24, 2.45) is 0 Å². The Morgan fingerprint density at radius 3 is 1.27 bits per heavy atom. The van der Waals surface area contributed by atoms with Gasteiger partial charge in [0.2, 0.25) is 0 Å². The predicted molar refractivity (Wildman–Crippen MR) is 75.5 cm³/mol. The molecule has 0 radical (unpaired) electrons. The van der Waals surface area contributed by atoms with Crippen LogP contribution in [0.1, 0.15) is 78.6 Å². The van der Waals surface area contributed by atoms with Crippen molar-refractivity contribution in [3.63, 3.8) is 0 Å². The molecule has 0 fully saturated rings. The van der Waals surface area contributed by atoms with Crippen LogP contribution in [0.2, 0.25) is 0 Å². The fourth-order valence-electron chi connectivity index (χ4n) is 2.30. The second kappa shape index (κ2) is 9.64. The molecule has 0 aromatic heterocycles. The Bertz CT molecular complexity index is 110. The normalized spacial score (nSPS) is 12.8. The van der Waals surface area contributed by atoms with Crippen molar-refractivity contribution in [2.45, 2.75) is 83.7 Å². The molecular weight excluding hydrogens is 199 g/mol. The first kappa shape index (κ1) is 15.4. The molecule has 0 amide bonds. The highest BCUT2D eigenvalue weighted by Gasteiger charge is 2.25. The largest absolute Gasteiger partial charge is 0.119 e. The monoisotopic (exact) mass is 230 g/mol. The van der Waals surface area contributed by atoms with E-state index in [1.807, 2.05) is 0 Å². The standard InChI is InChI=1S/C14H31P/c1-5-8-11-14(15-4,12-9-6-2)13-10-7-3/h15H,5-13H2,1-4H3. The number of rotatable bonds is 10. The molecule has 1 unspecified atom stereocenters. The summed E-state index contributed by atoms with van der Waals surface area (Å²) in [5.74, 6) is 0. The minimum atomic E-state index is 0.724. The van der Waals surface area contributed by atoms with Gasteiger partial charge in [0.25, 0.3) is 0 Å². The van der Waals surface area contributed by atoms with E-state index < -0.39 is 0 Å². The van der Waals surface area contributed by atoms with Crippen molar-refractivity contribution < 1.29 is 0 Å². The molecule has 1 heteroatoms. The lowest BCUT2D eigenvalue weighted by molar-refractivity contribution is 0.421. The van der Waals surface area contributed by atoms with E-state index in [9.17, 15) is 0 Å². The van der Waals surface area contributed by atoms with Gasteiger partial charge in [0.15, 0.2) is 0 Å². The second-order valence-corrected chi connectivity index (χ2v) is 6.40.